The summed E-state index contributed by atoms with van der Waals surface area (Å²) >= 11 is 1.76. The van der Waals surface area contributed by atoms with Crippen LogP contribution < -0.4 is 10.7 Å². The number of hydrazine groups is 1. The third-order valence-electron chi connectivity index (χ3n) is 2.87. The zero-order chi connectivity index (χ0) is 11.0. The van der Waals surface area contributed by atoms with Gasteiger partial charge in [-0.05, 0) is 12.1 Å². The summed E-state index contributed by atoms with van der Waals surface area (Å²) in [5.74, 6) is 5.74. The van der Waals surface area contributed by atoms with E-state index in [1.54, 1.807) is 11.3 Å². The van der Waals surface area contributed by atoms with Crippen LogP contribution in [0.5, 0.6) is 0 Å². The predicted octanol–water partition coefficient (Wildman–Crippen LogP) is 1.29. The summed E-state index contributed by atoms with van der Waals surface area (Å²) in [6, 6.07) is 8.27. The first kappa shape index (κ1) is 10.0. The van der Waals surface area contributed by atoms with Crippen LogP contribution in [-0.4, -0.2) is 36.2 Å². The van der Waals surface area contributed by atoms with Crippen molar-refractivity contribution in [3.05, 3.63) is 24.3 Å². The van der Waals surface area contributed by atoms with Crippen LogP contribution in [0.15, 0.2) is 24.3 Å². The Hall–Kier alpha value is -1.17. The summed E-state index contributed by atoms with van der Waals surface area (Å²) in [6.45, 7) is 3.76. The maximum Gasteiger partial charge on any atom is 0.186 e. The molecule has 0 radical (unpaired) electrons. The number of hydrogen-bond donors (Lipinski definition) is 1. The Morgan fingerprint density at radius 2 is 1.88 bits per heavy atom. The van der Waals surface area contributed by atoms with Gasteiger partial charge in [0, 0.05) is 26.2 Å². The summed E-state index contributed by atoms with van der Waals surface area (Å²) < 4.78 is 1.26. The van der Waals surface area contributed by atoms with E-state index in [9.17, 15) is 0 Å². The monoisotopic (exact) mass is 234 g/mol. The van der Waals surface area contributed by atoms with Crippen molar-refractivity contribution >= 4 is 26.7 Å². The van der Waals surface area contributed by atoms with E-state index < -0.39 is 0 Å². The Balaban J connectivity index is 1.88. The first-order valence-corrected chi connectivity index (χ1v) is 6.25. The lowest BCUT2D eigenvalue weighted by atomic mass is 10.3. The van der Waals surface area contributed by atoms with Crippen molar-refractivity contribution in [2.75, 3.05) is 31.1 Å². The van der Waals surface area contributed by atoms with Gasteiger partial charge in [-0.15, -0.1) is 0 Å². The van der Waals surface area contributed by atoms with Crippen LogP contribution in [-0.2, 0) is 0 Å². The molecule has 5 heteroatoms. The molecule has 1 aromatic heterocycles. The minimum Gasteiger partial charge on any atom is -0.345 e. The SMILES string of the molecule is NN1CCN(c2nc3ccccc3s2)CC1. The lowest BCUT2D eigenvalue weighted by Gasteiger charge is -2.31. The number of nitrogens with zero attached hydrogens (tertiary/aromatic N) is 3. The molecule has 0 spiro atoms. The first-order chi connectivity index (χ1) is 7.83. The molecule has 1 aliphatic heterocycles. The number of piperazine rings is 1. The standard InChI is InChI=1S/C11H14N4S/c12-15-7-5-14(6-8-15)11-13-9-3-1-2-4-10(9)16-11/h1-4H,5-8,12H2. The average molecular weight is 234 g/mol. The number of hydrogen-bond acceptors (Lipinski definition) is 5. The van der Waals surface area contributed by atoms with Gasteiger partial charge in [-0.3, -0.25) is 5.84 Å². The fourth-order valence-corrected chi connectivity index (χ4v) is 2.93. The normalized spacial score (nSPS) is 18.2. The van der Waals surface area contributed by atoms with Gasteiger partial charge in [-0.25, -0.2) is 9.99 Å². The predicted molar refractivity (Wildman–Crippen MR) is 67.6 cm³/mol. The van der Waals surface area contributed by atoms with Crippen molar-refractivity contribution in [2.24, 2.45) is 5.84 Å². The van der Waals surface area contributed by atoms with Crippen LogP contribution >= 0.6 is 11.3 Å². The average Bonchev–Trinajstić information content (AvgIpc) is 2.73. The van der Waals surface area contributed by atoms with E-state index in [0.29, 0.717) is 0 Å². The Morgan fingerprint density at radius 1 is 1.12 bits per heavy atom. The van der Waals surface area contributed by atoms with E-state index in [2.05, 4.69) is 28.1 Å². The maximum absolute atomic E-state index is 5.74. The molecule has 84 valence electrons. The molecule has 0 atom stereocenters. The third-order valence-corrected chi connectivity index (χ3v) is 3.96. The van der Waals surface area contributed by atoms with E-state index in [-0.39, 0.29) is 0 Å². The number of para-hydroxylation sites is 1. The van der Waals surface area contributed by atoms with Gasteiger partial charge in [0.2, 0.25) is 0 Å². The molecule has 16 heavy (non-hydrogen) atoms. The Labute approximate surface area is 98.3 Å². The third kappa shape index (κ3) is 1.77. The molecular weight excluding hydrogens is 220 g/mol. The highest BCUT2D eigenvalue weighted by molar-refractivity contribution is 7.22. The fraction of sp³-hybridized carbons (Fsp3) is 0.364. The Kier molecular flexibility index (Phi) is 2.51. The van der Waals surface area contributed by atoms with Gasteiger partial charge in [0.1, 0.15) is 0 Å². The van der Waals surface area contributed by atoms with E-state index >= 15 is 0 Å². The summed E-state index contributed by atoms with van der Waals surface area (Å²) in [5.41, 5.74) is 1.10. The van der Waals surface area contributed by atoms with Gasteiger partial charge in [-0.2, -0.15) is 0 Å². The molecular formula is C11H14N4S. The minimum atomic E-state index is 0.913. The molecule has 1 aliphatic rings. The van der Waals surface area contributed by atoms with E-state index in [1.165, 1.54) is 4.70 Å². The number of nitrogens with two attached hydrogens (primary N) is 1. The molecule has 1 saturated heterocycles. The zero-order valence-electron chi connectivity index (χ0n) is 8.97. The second kappa shape index (κ2) is 4.01. The maximum atomic E-state index is 5.74. The lowest BCUT2D eigenvalue weighted by molar-refractivity contribution is 0.266. The van der Waals surface area contributed by atoms with Crippen molar-refractivity contribution in [1.29, 1.82) is 0 Å². The highest BCUT2D eigenvalue weighted by Crippen LogP contribution is 2.28. The molecule has 1 fully saturated rings. The van der Waals surface area contributed by atoms with Gasteiger partial charge in [-0.1, -0.05) is 23.5 Å². The molecule has 0 bridgehead atoms. The number of rotatable bonds is 1. The van der Waals surface area contributed by atoms with Crippen molar-refractivity contribution in [3.63, 3.8) is 0 Å². The van der Waals surface area contributed by atoms with Crippen LogP contribution in [0.2, 0.25) is 0 Å². The molecule has 4 nitrogen and oxygen atoms in total. The lowest BCUT2D eigenvalue weighted by Crippen LogP contribution is -2.49. The minimum absolute atomic E-state index is 0.913. The smallest absolute Gasteiger partial charge is 0.186 e. The number of fused-ring (bicyclic) bond motifs is 1. The van der Waals surface area contributed by atoms with Gasteiger partial charge in [0.15, 0.2) is 5.13 Å². The van der Waals surface area contributed by atoms with Gasteiger partial charge in [0.25, 0.3) is 0 Å². The van der Waals surface area contributed by atoms with E-state index in [4.69, 9.17) is 5.84 Å². The van der Waals surface area contributed by atoms with Crippen LogP contribution in [0.4, 0.5) is 5.13 Å². The van der Waals surface area contributed by atoms with Gasteiger partial charge >= 0.3 is 0 Å². The largest absolute Gasteiger partial charge is 0.345 e. The molecule has 2 N–H and O–H groups in total. The molecule has 3 rings (SSSR count). The van der Waals surface area contributed by atoms with Crippen LogP contribution in [0.1, 0.15) is 0 Å². The van der Waals surface area contributed by atoms with Gasteiger partial charge < -0.3 is 4.90 Å². The molecule has 0 amide bonds. The second-order valence-electron chi connectivity index (χ2n) is 3.99. The van der Waals surface area contributed by atoms with Crippen molar-refractivity contribution in [1.82, 2.24) is 9.99 Å². The number of benzene rings is 1. The Bertz CT molecular complexity index is 454. The number of anilines is 1. The summed E-state index contributed by atoms with van der Waals surface area (Å²) in [7, 11) is 0. The first-order valence-electron chi connectivity index (χ1n) is 5.43. The zero-order valence-corrected chi connectivity index (χ0v) is 9.78. The molecule has 1 aromatic carbocycles. The van der Waals surface area contributed by atoms with Crippen molar-refractivity contribution < 1.29 is 0 Å². The second-order valence-corrected chi connectivity index (χ2v) is 5.00. The van der Waals surface area contributed by atoms with Gasteiger partial charge in [0.05, 0.1) is 10.2 Å². The molecule has 0 unspecified atom stereocenters. The molecule has 0 saturated carbocycles. The topological polar surface area (TPSA) is 45.4 Å². The van der Waals surface area contributed by atoms with Crippen LogP contribution in [0, 0.1) is 0 Å². The number of thiazole rings is 1. The summed E-state index contributed by atoms with van der Waals surface area (Å²) in [4.78, 5) is 6.96. The summed E-state index contributed by atoms with van der Waals surface area (Å²) in [6.07, 6.45) is 0. The summed E-state index contributed by atoms with van der Waals surface area (Å²) in [5, 5.41) is 2.98. The van der Waals surface area contributed by atoms with E-state index in [0.717, 1.165) is 36.8 Å². The van der Waals surface area contributed by atoms with Crippen molar-refractivity contribution in [3.8, 4) is 0 Å². The highest BCUT2D eigenvalue weighted by Gasteiger charge is 2.17. The van der Waals surface area contributed by atoms with Crippen LogP contribution in [0.25, 0.3) is 10.2 Å². The van der Waals surface area contributed by atoms with Crippen LogP contribution in [0.3, 0.4) is 0 Å². The highest BCUT2D eigenvalue weighted by atomic mass is 32.1. The van der Waals surface area contributed by atoms with Crippen molar-refractivity contribution in [2.45, 2.75) is 0 Å². The molecule has 0 aliphatic carbocycles. The Morgan fingerprint density at radius 3 is 2.62 bits per heavy atom. The fourth-order valence-electron chi connectivity index (χ4n) is 1.91. The molecule has 2 heterocycles. The number of aromatic nitrogens is 1. The quantitative estimate of drug-likeness (QED) is 0.755. The molecule has 2 aromatic rings. The van der Waals surface area contributed by atoms with E-state index in [1.807, 2.05) is 11.1 Å².